The number of carbonyl (C=O) groups excluding carboxylic acids is 1. The number of Topliss-reactive ketones (excluding diaryl/α,β-unsaturated/α-hetero) is 1. The first-order chi connectivity index (χ1) is 13.9. The number of thioether (sulfide) groups is 1. The lowest BCUT2D eigenvalue weighted by Crippen LogP contribution is -2.10. The van der Waals surface area contributed by atoms with Crippen molar-refractivity contribution in [1.82, 2.24) is 14.5 Å². The van der Waals surface area contributed by atoms with Gasteiger partial charge < -0.3 is 4.98 Å². The summed E-state index contributed by atoms with van der Waals surface area (Å²) in [5.74, 6) is 0.0703. The summed E-state index contributed by atoms with van der Waals surface area (Å²) in [5.41, 5.74) is 2.76. The summed E-state index contributed by atoms with van der Waals surface area (Å²) in [7, 11) is 0. The van der Waals surface area contributed by atoms with Crippen LogP contribution in [-0.4, -0.2) is 26.1 Å². The van der Waals surface area contributed by atoms with E-state index in [1.54, 1.807) is 28.8 Å². The van der Waals surface area contributed by atoms with E-state index in [9.17, 15) is 9.59 Å². The molecule has 0 amide bonds. The minimum Gasteiger partial charge on any atom is -0.300 e. The third-order valence-corrected chi connectivity index (χ3v) is 6.71. The number of ketones is 1. The van der Waals surface area contributed by atoms with Gasteiger partial charge in [0, 0.05) is 16.3 Å². The molecule has 0 radical (unpaired) electrons. The maximum atomic E-state index is 12.5. The first-order valence-corrected chi connectivity index (χ1v) is 11.2. The van der Waals surface area contributed by atoms with E-state index >= 15 is 0 Å². The lowest BCUT2D eigenvalue weighted by atomic mass is 10.1. The van der Waals surface area contributed by atoms with Gasteiger partial charge in [0.1, 0.15) is 4.70 Å². The quantitative estimate of drug-likeness (QED) is 0.186. The minimum absolute atomic E-state index is 0.0740. The van der Waals surface area contributed by atoms with Crippen LogP contribution in [0.3, 0.4) is 0 Å². The smallest absolute Gasteiger partial charge is 0.271 e. The lowest BCUT2D eigenvalue weighted by molar-refractivity contribution is 0.102. The Morgan fingerprint density at radius 2 is 1.90 bits per heavy atom. The standard InChI is InChI=1S/C20H14ClN3O2S3/c1-11-2-8-14(9-3-11)24-17-16(29-20(24)27)18(26)23-19(22-17)28-10-15(25)12-4-6-13(21)7-5-12/h2-9H,10H2,1H3,(H,22,23,26). The van der Waals surface area contributed by atoms with E-state index in [2.05, 4.69) is 9.97 Å². The number of carbonyl (C=O) groups is 1. The Kier molecular flexibility index (Phi) is 5.69. The fourth-order valence-corrected chi connectivity index (χ4v) is 4.88. The number of aryl methyl sites for hydroxylation is 1. The van der Waals surface area contributed by atoms with Crippen LogP contribution in [0.4, 0.5) is 0 Å². The molecule has 0 aliphatic heterocycles. The summed E-state index contributed by atoms with van der Waals surface area (Å²) < 4.78 is 2.79. The van der Waals surface area contributed by atoms with Crippen LogP contribution < -0.4 is 5.56 Å². The van der Waals surface area contributed by atoms with Crippen molar-refractivity contribution in [3.8, 4) is 5.69 Å². The SMILES string of the molecule is Cc1ccc(-n2c(=S)sc3c(=O)[nH]c(SCC(=O)c4ccc(Cl)cc4)nc32)cc1. The van der Waals surface area contributed by atoms with Gasteiger partial charge in [-0.25, -0.2) is 4.98 Å². The van der Waals surface area contributed by atoms with Crippen molar-refractivity contribution >= 4 is 63.0 Å². The number of aromatic nitrogens is 3. The summed E-state index contributed by atoms with van der Waals surface area (Å²) in [5, 5.41) is 0.946. The molecule has 29 heavy (non-hydrogen) atoms. The second-order valence-electron chi connectivity index (χ2n) is 6.28. The van der Waals surface area contributed by atoms with Crippen LogP contribution in [0.25, 0.3) is 16.0 Å². The number of thiazole rings is 1. The van der Waals surface area contributed by atoms with E-state index in [-0.39, 0.29) is 17.1 Å². The van der Waals surface area contributed by atoms with Crippen molar-refractivity contribution in [3.63, 3.8) is 0 Å². The Morgan fingerprint density at radius 1 is 1.21 bits per heavy atom. The fourth-order valence-electron chi connectivity index (χ4n) is 2.74. The largest absolute Gasteiger partial charge is 0.300 e. The number of nitrogens with one attached hydrogen (secondary N) is 1. The van der Waals surface area contributed by atoms with E-state index in [0.29, 0.717) is 30.0 Å². The first-order valence-electron chi connectivity index (χ1n) is 8.57. The molecular formula is C20H14ClN3O2S3. The van der Waals surface area contributed by atoms with Crippen LogP contribution in [0.5, 0.6) is 0 Å². The molecule has 0 bridgehead atoms. The topological polar surface area (TPSA) is 67.8 Å². The van der Waals surface area contributed by atoms with E-state index in [1.165, 1.54) is 23.1 Å². The molecule has 0 spiro atoms. The molecule has 2 heterocycles. The molecule has 0 saturated heterocycles. The summed E-state index contributed by atoms with van der Waals surface area (Å²) in [6, 6.07) is 14.5. The number of halogens is 1. The van der Waals surface area contributed by atoms with E-state index in [0.717, 1.165) is 11.3 Å². The number of H-pyrrole nitrogens is 1. The van der Waals surface area contributed by atoms with Crippen molar-refractivity contribution in [3.05, 3.63) is 79.0 Å². The van der Waals surface area contributed by atoms with Gasteiger partial charge in [0.15, 0.2) is 20.5 Å². The summed E-state index contributed by atoms with van der Waals surface area (Å²) in [6.45, 7) is 2.00. The van der Waals surface area contributed by atoms with Gasteiger partial charge in [-0.15, -0.1) is 0 Å². The second-order valence-corrected chi connectivity index (χ2v) is 9.33. The molecular weight excluding hydrogens is 446 g/mol. The van der Waals surface area contributed by atoms with Crippen molar-refractivity contribution < 1.29 is 4.79 Å². The van der Waals surface area contributed by atoms with Gasteiger partial charge in [-0.2, -0.15) is 0 Å². The molecule has 1 N–H and O–H groups in total. The molecule has 146 valence electrons. The monoisotopic (exact) mass is 459 g/mol. The Bertz CT molecular complexity index is 1320. The molecule has 0 fully saturated rings. The number of fused-ring (bicyclic) bond motifs is 1. The maximum absolute atomic E-state index is 12.5. The highest BCUT2D eigenvalue weighted by molar-refractivity contribution is 7.99. The molecule has 0 aliphatic carbocycles. The fraction of sp³-hybridized carbons (Fsp3) is 0.100. The molecule has 0 atom stereocenters. The Labute approximate surface area is 184 Å². The maximum Gasteiger partial charge on any atom is 0.271 e. The van der Waals surface area contributed by atoms with Crippen LogP contribution in [0, 0.1) is 10.9 Å². The van der Waals surface area contributed by atoms with E-state index < -0.39 is 0 Å². The zero-order valence-corrected chi connectivity index (χ0v) is 18.3. The molecule has 4 aromatic rings. The zero-order chi connectivity index (χ0) is 20.5. The number of rotatable bonds is 5. The van der Waals surface area contributed by atoms with Crippen molar-refractivity contribution in [2.24, 2.45) is 0 Å². The highest BCUT2D eigenvalue weighted by atomic mass is 35.5. The highest BCUT2D eigenvalue weighted by Gasteiger charge is 2.15. The summed E-state index contributed by atoms with van der Waals surface area (Å²) in [6.07, 6.45) is 0. The Hall–Kier alpha value is -2.26. The molecule has 2 aromatic carbocycles. The first kappa shape index (κ1) is 20.0. The third-order valence-electron chi connectivity index (χ3n) is 4.22. The number of nitrogens with zero attached hydrogens (tertiary/aromatic N) is 2. The van der Waals surface area contributed by atoms with Gasteiger partial charge >= 0.3 is 0 Å². The summed E-state index contributed by atoms with van der Waals surface area (Å²) in [4.78, 5) is 32.3. The van der Waals surface area contributed by atoms with Crippen molar-refractivity contribution in [1.29, 1.82) is 0 Å². The Morgan fingerprint density at radius 3 is 2.59 bits per heavy atom. The van der Waals surface area contributed by atoms with Gasteiger partial charge in [0.25, 0.3) is 5.56 Å². The minimum atomic E-state index is -0.265. The third kappa shape index (κ3) is 4.20. The predicted molar refractivity (Wildman–Crippen MR) is 122 cm³/mol. The lowest BCUT2D eigenvalue weighted by Gasteiger charge is -2.06. The van der Waals surface area contributed by atoms with Gasteiger partial charge in [-0.1, -0.05) is 52.4 Å². The van der Waals surface area contributed by atoms with Gasteiger partial charge in [0.05, 0.1) is 5.75 Å². The van der Waals surface area contributed by atoms with Crippen LogP contribution in [0.2, 0.25) is 5.02 Å². The van der Waals surface area contributed by atoms with Crippen LogP contribution >= 0.6 is 46.9 Å². The van der Waals surface area contributed by atoms with E-state index in [1.807, 2.05) is 31.2 Å². The molecule has 2 aromatic heterocycles. The van der Waals surface area contributed by atoms with Gasteiger partial charge in [-0.05, 0) is 55.5 Å². The van der Waals surface area contributed by atoms with Gasteiger partial charge in [-0.3, -0.25) is 14.2 Å². The average molecular weight is 460 g/mol. The normalized spacial score (nSPS) is 11.1. The van der Waals surface area contributed by atoms with Gasteiger partial charge in [0.2, 0.25) is 0 Å². The molecule has 0 saturated carbocycles. The number of benzene rings is 2. The van der Waals surface area contributed by atoms with Crippen LogP contribution in [0.1, 0.15) is 15.9 Å². The number of hydrogen-bond donors (Lipinski definition) is 1. The predicted octanol–water partition coefficient (Wildman–Crippen LogP) is 5.44. The molecule has 5 nitrogen and oxygen atoms in total. The number of aromatic amines is 1. The van der Waals surface area contributed by atoms with Crippen LogP contribution in [-0.2, 0) is 0 Å². The molecule has 4 rings (SSSR count). The molecule has 0 unspecified atom stereocenters. The highest BCUT2D eigenvalue weighted by Crippen LogP contribution is 2.25. The zero-order valence-electron chi connectivity index (χ0n) is 15.1. The second kappa shape index (κ2) is 8.23. The average Bonchev–Trinajstić information content (AvgIpc) is 3.04. The molecule has 0 aliphatic rings. The molecule has 9 heteroatoms. The van der Waals surface area contributed by atoms with E-state index in [4.69, 9.17) is 23.8 Å². The summed E-state index contributed by atoms with van der Waals surface area (Å²) >= 11 is 13.7. The van der Waals surface area contributed by atoms with Crippen molar-refractivity contribution in [2.45, 2.75) is 12.1 Å². The Balaban J connectivity index is 1.67. The number of hydrogen-bond acceptors (Lipinski definition) is 6. The van der Waals surface area contributed by atoms with Crippen molar-refractivity contribution in [2.75, 3.05) is 5.75 Å². The van der Waals surface area contributed by atoms with Crippen LogP contribution in [0.15, 0.2) is 58.5 Å².